The van der Waals surface area contributed by atoms with Crippen molar-refractivity contribution in [1.29, 1.82) is 0 Å². The predicted octanol–water partition coefficient (Wildman–Crippen LogP) is 3.03. The van der Waals surface area contributed by atoms with E-state index in [1.54, 1.807) is 32.9 Å². The lowest BCUT2D eigenvalue weighted by atomic mass is 10.3. The molecule has 0 saturated carbocycles. The molecule has 0 aliphatic carbocycles. The topological polar surface area (TPSA) is 77.5 Å². The summed E-state index contributed by atoms with van der Waals surface area (Å²) < 4.78 is 10.5. The zero-order chi connectivity index (χ0) is 16.8. The van der Waals surface area contributed by atoms with Gasteiger partial charge in [0.05, 0.1) is 12.3 Å². The molecule has 7 heteroatoms. The Morgan fingerprint density at radius 2 is 2.00 bits per heavy atom. The number of aromatic nitrogens is 1. The van der Waals surface area contributed by atoms with Crippen LogP contribution < -0.4 is 10.1 Å². The molecular formula is C16H18N2O4S. The van der Waals surface area contributed by atoms with Crippen molar-refractivity contribution >= 4 is 28.3 Å². The Balaban J connectivity index is 2.00. The van der Waals surface area contributed by atoms with Gasteiger partial charge in [-0.2, -0.15) is 0 Å². The maximum atomic E-state index is 12.1. The molecule has 0 fully saturated rings. The van der Waals surface area contributed by atoms with Crippen molar-refractivity contribution in [2.24, 2.45) is 0 Å². The lowest BCUT2D eigenvalue weighted by Gasteiger charge is -2.13. The molecule has 122 valence electrons. The van der Waals surface area contributed by atoms with Crippen LogP contribution in [0.3, 0.4) is 0 Å². The zero-order valence-electron chi connectivity index (χ0n) is 13.2. The second kappa shape index (κ2) is 7.73. The monoisotopic (exact) mass is 334 g/mol. The van der Waals surface area contributed by atoms with Crippen LogP contribution in [0.4, 0.5) is 5.13 Å². The van der Waals surface area contributed by atoms with Crippen LogP contribution in [-0.2, 0) is 9.53 Å². The second-order valence-corrected chi connectivity index (χ2v) is 5.72. The van der Waals surface area contributed by atoms with Gasteiger partial charge in [-0.15, -0.1) is 0 Å². The van der Waals surface area contributed by atoms with Crippen molar-refractivity contribution in [3.8, 4) is 5.75 Å². The molecule has 1 heterocycles. The molecule has 0 radical (unpaired) electrons. The van der Waals surface area contributed by atoms with Crippen LogP contribution in [-0.4, -0.2) is 29.6 Å². The maximum Gasteiger partial charge on any atom is 0.350 e. The normalized spacial score (nSPS) is 11.6. The van der Waals surface area contributed by atoms with Gasteiger partial charge < -0.3 is 9.47 Å². The summed E-state index contributed by atoms with van der Waals surface area (Å²) in [7, 11) is 0. The SMILES string of the molecule is CCOC(=O)c1sc(NC(=O)[C@@H](C)Oc2ccccc2)nc1C. The van der Waals surface area contributed by atoms with E-state index in [4.69, 9.17) is 9.47 Å². The van der Waals surface area contributed by atoms with E-state index in [0.717, 1.165) is 11.3 Å². The van der Waals surface area contributed by atoms with Gasteiger partial charge in [-0.3, -0.25) is 10.1 Å². The molecule has 2 rings (SSSR count). The number of rotatable bonds is 6. The third kappa shape index (κ3) is 4.53. The molecule has 0 bridgehead atoms. The molecule has 1 aromatic heterocycles. The van der Waals surface area contributed by atoms with Crippen LogP contribution in [0.25, 0.3) is 0 Å². The molecule has 1 atom stereocenters. The number of carbonyl (C=O) groups is 2. The molecule has 0 saturated heterocycles. The van der Waals surface area contributed by atoms with Crippen molar-refractivity contribution in [3.05, 3.63) is 40.9 Å². The van der Waals surface area contributed by atoms with Gasteiger partial charge in [0.1, 0.15) is 10.6 Å². The minimum Gasteiger partial charge on any atom is -0.481 e. The highest BCUT2D eigenvalue weighted by molar-refractivity contribution is 7.17. The first-order valence-electron chi connectivity index (χ1n) is 7.18. The van der Waals surface area contributed by atoms with Crippen LogP contribution in [0.5, 0.6) is 5.75 Å². The van der Waals surface area contributed by atoms with E-state index >= 15 is 0 Å². The number of anilines is 1. The van der Waals surface area contributed by atoms with Gasteiger partial charge >= 0.3 is 5.97 Å². The highest BCUT2D eigenvalue weighted by Crippen LogP contribution is 2.23. The first kappa shape index (κ1) is 17.0. The molecule has 1 N–H and O–H groups in total. The molecule has 6 nitrogen and oxygen atoms in total. The number of carbonyl (C=O) groups excluding carboxylic acids is 2. The average Bonchev–Trinajstić information content (AvgIpc) is 2.89. The molecule has 23 heavy (non-hydrogen) atoms. The van der Waals surface area contributed by atoms with Gasteiger partial charge in [0, 0.05) is 0 Å². The number of para-hydroxylation sites is 1. The average molecular weight is 334 g/mol. The Labute approximate surface area is 138 Å². The summed E-state index contributed by atoms with van der Waals surface area (Å²) in [5.41, 5.74) is 0.528. The summed E-state index contributed by atoms with van der Waals surface area (Å²) in [5, 5.41) is 3.00. The summed E-state index contributed by atoms with van der Waals surface area (Å²) in [6, 6.07) is 9.07. The Hall–Kier alpha value is -2.41. The highest BCUT2D eigenvalue weighted by Gasteiger charge is 2.20. The Morgan fingerprint density at radius 3 is 2.65 bits per heavy atom. The minimum atomic E-state index is -0.687. The fraction of sp³-hybridized carbons (Fsp3) is 0.312. The maximum absolute atomic E-state index is 12.1. The lowest BCUT2D eigenvalue weighted by Crippen LogP contribution is -2.30. The van der Waals surface area contributed by atoms with E-state index in [1.165, 1.54) is 0 Å². The molecule has 0 unspecified atom stereocenters. The molecule has 0 aliphatic heterocycles. The van der Waals surface area contributed by atoms with Gasteiger partial charge in [-0.25, -0.2) is 9.78 Å². The summed E-state index contributed by atoms with van der Waals surface area (Å²) in [6.07, 6.45) is -0.687. The second-order valence-electron chi connectivity index (χ2n) is 4.72. The number of nitrogens with one attached hydrogen (secondary N) is 1. The third-order valence-electron chi connectivity index (χ3n) is 2.91. The van der Waals surface area contributed by atoms with Gasteiger partial charge in [0.2, 0.25) is 0 Å². The van der Waals surface area contributed by atoms with E-state index in [2.05, 4.69) is 10.3 Å². The van der Waals surface area contributed by atoms with Crippen molar-refractivity contribution in [2.45, 2.75) is 26.9 Å². The largest absolute Gasteiger partial charge is 0.481 e. The number of aryl methyl sites for hydroxylation is 1. The first-order valence-corrected chi connectivity index (χ1v) is 8.00. The molecule has 1 amide bonds. The van der Waals surface area contributed by atoms with E-state index in [-0.39, 0.29) is 5.91 Å². The van der Waals surface area contributed by atoms with Crippen LogP contribution in [0.15, 0.2) is 30.3 Å². The molecule has 0 aliphatic rings. The van der Waals surface area contributed by atoms with Gasteiger partial charge in [-0.1, -0.05) is 29.5 Å². The van der Waals surface area contributed by atoms with Crippen molar-refractivity contribution < 1.29 is 19.1 Å². The fourth-order valence-electron chi connectivity index (χ4n) is 1.80. The third-order valence-corrected chi connectivity index (χ3v) is 3.97. The first-order chi connectivity index (χ1) is 11.0. The van der Waals surface area contributed by atoms with Crippen LogP contribution in [0, 0.1) is 6.92 Å². The Kier molecular flexibility index (Phi) is 5.70. The predicted molar refractivity (Wildman–Crippen MR) is 88.0 cm³/mol. The van der Waals surface area contributed by atoms with E-state index in [1.807, 2.05) is 18.2 Å². The van der Waals surface area contributed by atoms with Crippen LogP contribution >= 0.6 is 11.3 Å². The number of amides is 1. The molecule has 1 aromatic carbocycles. The van der Waals surface area contributed by atoms with Crippen molar-refractivity contribution in [2.75, 3.05) is 11.9 Å². The summed E-state index contributed by atoms with van der Waals surface area (Å²) in [4.78, 5) is 28.5. The summed E-state index contributed by atoms with van der Waals surface area (Å²) in [5.74, 6) is -0.160. The summed E-state index contributed by atoms with van der Waals surface area (Å²) >= 11 is 1.09. The Bertz CT molecular complexity index is 685. The van der Waals surface area contributed by atoms with Gasteiger partial charge in [-0.05, 0) is 32.9 Å². The zero-order valence-corrected chi connectivity index (χ0v) is 14.0. The van der Waals surface area contributed by atoms with Crippen molar-refractivity contribution in [1.82, 2.24) is 4.98 Å². The number of nitrogens with zero attached hydrogens (tertiary/aromatic N) is 1. The number of ether oxygens (including phenoxy) is 2. The number of benzene rings is 1. The molecule has 2 aromatic rings. The molecule has 0 spiro atoms. The quantitative estimate of drug-likeness (QED) is 0.822. The lowest BCUT2D eigenvalue weighted by molar-refractivity contribution is -0.122. The number of thiazole rings is 1. The van der Waals surface area contributed by atoms with Gasteiger partial charge in [0.25, 0.3) is 5.91 Å². The Morgan fingerprint density at radius 1 is 1.30 bits per heavy atom. The number of hydrogen-bond donors (Lipinski definition) is 1. The standard InChI is InChI=1S/C16H18N2O4S/c1-4-21-15(20)13-10(2)17-16(23-13)18-14(19)11(3)22-12-8-6-5-7-9-12/h5-9,11H,4H2,1-3H3,(H,17,18,19)/t11-/m1/s1. The molecular weight excluding hydrogens is 316 g/mol. The van der Waals surface area contributed by atoms with Crippen LogP contribution in [0.1, 0.15) is 29.2 Å². The van der Waals surface area contributed by atoms with E-state index in [9.17, 15) is 9.59 Å². The van der Waals surface area contributed by atoms with E-state index < -0.39 is 12.1 Å². The smallest absolute Gasteiger partial charge is 0.350 e. The minimum absolute atomic E-state index is 0.291. The van der Waals surface area contributed by atoms with E-state index in [0.29, 0.717) is 28.1 Å². The number of hydrogen-bond acceptors (Lipinski definition) is 6. The van der Waals surface area contributed by atoms with Gasteiger partial charge in [0.15, 0.2) is 11.2 Å². The van der Waals surface area contributed by atoms with Crippen LogP contribution in [0.2, 0.25) is 0 Å². The fourth-order valence-corrected chi connectivity index (χ4v) is 2.66. The number of esters is 1. The van der Waals surface area contributed by atoms with Crippen molar-refractivity contribution in [3.63, 3.8) is 0 Å². The summed E-state index contributed by atoms with van der Waals surface area (Å²) in [6.45, 7) is 5.37. The highest BCUT2D eigenvalue weighted by atomic mass is 32.1.